The first-order valence-corrected chi connectivity index (χ1v) is 8.12. The molecule has 110 valence electrons. The Morgan fingerprint density at radius 2 is 1.95 bits per heavy atom. The van der Waals surface area contributed by atoms with Gasteiger partial charge in [0.25, 0.3) is 0 Å². The lowest BCUT2D eigenvalue weighted by Crippen LogP contribution is -2.33. The molecule has 0 spiro atoms. The first-order valence-electron chi connectivity index (χ1n) is 7.72. The summed E-state index contributed by atoms with van der Waals surface area (Å²) in [5.41, 5.74) is 4.01. The molecule has 2 nitrogen and oxygen atoms in total. The quantitative estimate of drug-likeness (QED) is 0.822. The molecule has 1 aliphatic heterocycles. The molecule has 1 aliphatic rings. The largest absolute Gasteiger partial charge is 0.350 e. The maximum Gasteiger partial charge on any atom is 0.103 e. The molecule has 0 bridgehead atoms. The summed E-state index contributed by atoms with van der Waals surface area (Å²) in [5.74, 6) is 0. The second kappa shape index (κ2) is 6.54. The summed E-state index contributed by atoms with van der Waals surface area (Å²) in [5, 5.41) is 0. The van der Waals surface area contributed by atoms with Gasteiger partial charge in [-0.2, -0.15) is 0 Å². The predicted molar refractivity (Wildman–Crippen MR) is 89.8 cm³/mol. The molecular formula is C18H22N2S. The maximum absolute atomic E-state index is 5.23. The van der Waals surface area contributed by atoms with Crippen molar-refractivity contribution in [3.63, 3.8) is 0 Å². The number of benzene rings is 1. The third-order valence-electron chi connectivity index (χ3n) is 4.36. The number of aromatic nitrogens is 1. The molecule has 0 unspecified atom stereocenters. The Hall–Kier alpha value is -1.45. The summed E-state index contributed by atoms with van der Waals surface area (Å²) in [6, 6.07) is 15.5. The number of aryl methyl sites for hydroxylation is 1. The molecule has 1 atom stereocenters. The second-order valence-corrected chi connectivity index (χ2v) is 6.31. The van der Waals surface area contributed by atoms with E-state index in [2.05, 4.69) is 53.2 Å². The monoisotopic (exact) mass is 298 g/mol. The zero-order valence-corrected chi connectivity index (χ0v) is 13.3. The van der Waals surface area contributed by atoms with Gasteiger partial charge in [-0.1, -0.05) is 55.0 Å². The van der Waals surface area contributed by atoms with Crippen molar-refractivity contribution in [3.05, 3.63) is 63.9 Å². The van der Waals surface area contributed by atoms with Crippen LogP contribution in [-0.4, -0.2) is 16.4 Å². The van der Waals surface area contributed by atoms with Crippen molar-refractivity contribution in [2.24, 2.45) is 0 Å². The van der Waals surface area contributed by atoms with Gasteiger partial charge in [0.1, 0.15) is 4.64 Å². The summed E-state index contributed by atoms with van der Waals surface area (Å²) in [6.07, 6.45) is 3.84. The van der Waals surface area contributed by atoms with E-state index < -0.39 is 0 Å². The molecule has 0 radical (unpaired) electrons. The van der Waals surface area contributed by atoms with E-state index in [4.69, 9.17) is 12.2 Å². The van der Waals surface area contributed by atoms with Crippen molar-refractivity contribution in [2.45, 2.75) is 38.8 Å². The number of rotatable bonds is 3. The van der Waals surface area contributed by atoms with Crippen molar-refractivity contribution in [1.82, 2.24) is 9.88 Å². The molecule has 1 fully saturated rings. The van der Waals surface area contributed by atoms with E-state index in [0.717, 1.165) is 11.2 Å². The smallest absolute Gasteiger partial charge is 0.103 e. The standard InChI is InChI=1S/C18H22N2S/c1-14-16(10-11-18(21)19-14)17-9-5-6-12-20(17)13-15-7-3-2-4-8-15/h2-4,7-8,10-11,17H,5-6,9,12-13H2,1H3,(H,19,21)/t17-/m0/s1. The molecule has 2 heterocycles. The highest BCUT2D eigenvalue weighted by molar-refractivity contribution is 7.71. The molecule has 0 amide bonds. The van der Waals surface area contributed by atoms with Crippen LogP contribution in [0.25, 0.3) is 0 Å². The fourth-order valence-electron chi connectivity index (χ4n) is 3.30. The molecule has 1 aromatic carbocycles. The molecule has 21 heavy (non-hydrogen) atoms. The summed E-state index contributed by atoms with van der Waals surface area (Å²) >= 11 is 5.23. The Labute approximate surface area is 131 Å². The van der Waals surface area contributed by atoms with Crippen LogP contribution in [0.4, 0.5) is 0 Å². The first-order chi connectivity index (χ1) is 10.2. The van der Waals surface area contributed by atoms with E-state index in [9.17, 15) is 0 Å². The normalized spacial score (nSPS) is 19.6. The number of H-pyrrole nitrogens is 1. The van der Waals surface area contributed by atoms with Gasteiger partial charge in [-0.05, 0) is 43.5 Å². The number of pyridine rings is 1. The average Bonchev–Trinajstić information content (AvgIpc) is 2.49. The molecule has 2 aromatic rings. The third-order valence-corrected chi connectivity index (χ3v) is 4.60. The van der Waals surface area contributed by atoms with Gasteiger partial charge in [-0.3, -0.25) is 4.90 Å². The Balaban J connectivity index is 1.86. The number of nitrogens with one attached hydrogen (secondary N) is 1. The van der Waals surface area contributed by atoms with E-state index >= 15 is 0 Å². The van der Waals surface area contributed by atoms with Gasteiger partial charge in [-0.15, -0.1) is 0 Å². The lowest BCUT2D eigenvalue weighted by Gasteiger charge is -2.36. The third kappa shape index (κ3) is 3.42. The highest BCUT2D eigenvalue weighted by atomic mass is 32.1. The Kier molecular flexibility index (Phi) is 4.51. The minimum atomic E-state index is 0.505. The maximum atomic E-state index is 5.23. The van der Waals surface area contributed by atoms with Crippen LogP contribution >= 0.6 is 12.2 Å². The number of likely N-dealkylation sites (tertiary alicyclic amines) is 1. The average molecular weight is 298 g/mol. The zero-order valence-electron chi connectivity index (χ0n) is 12.5. The highest BCUT2D eigenvalue weighted by Gasteiger charge is 2.25. The summed E-state index contributed by atoms with van der Waals surface area (Å²) in [6.45, 7) is 4.34. The van der Waals surface area contributed by atoms with Crippen LogP contribution in [0.15, 0.2) is 42.5 Å². The second-order valence-electron chi connectivity index (χ2n) is 5.87. The van der Waals surface area contributed by atoms with E-state index in [1.54, 1.807) is 0 Å². The molecule has 0 aliphatic carbocycles. The lowest BCUT2D eigenvalue weighted by molar-refractivity contribution is 0.139. The minimum absolute atomic E-state index is 0.505. The SMILES string of the molecule is Cc1[nH]c(=S)ccc1[C@@H]1CCCCN1Cc1ccccc1. The van der Waals surface area contributed by atoms with Crippen LogP contribution < -0.4 is 0 Å². The summed E-state index contributed by atoms with van der Waals surface area (Å²) < 4.78 is 0.821. The van der Waals surface area contributed by atoms with Crippen LogP contribution in [0.3, 0.4) is 0 Å². The van der Waals surface area contributed by atoms with Crippen LogP contribution in [0.2, 0.25) is 0 Å². The first kappa shape index (κ1) is 14.5. The van der Waals surface area contributed by atoms with Gasteiger partial charge in [-0.25, -0.2) is 0 Å². The van der Waals surface area contributed by atoms with E-state index in [0.29, 0.717) is 6.04 Å². The number of hydrogen-bond donors (Lipinski definition) is 1. The van der Waals surface area contributed by atoms with Crippen molar-refractivity contribution in [2.75, 3.05) is 6.54 Å². The summed E-state index contributed by atoms with van der Waals surface area (Å²) in [7, 11) is 0. The van der Waals surface area contributed by atoms with Crippen LogP contribution in [0.1, 0.15) is 42.1 Å². The van der Waals surface area contributed by atoms with Crippen molar-refractivity contribution in [3.8, 4) is 0 Å². The summed E-state index contributed by atoms with van der Waals surface area (Å²) in [4.78, 5) is 5.92. The van der Waals surface area contributed by atoms with Crippen molar-refractivity contribution in [1.29, 1.82) is 0 Å². The molecule has 3 rings (SSSR count). The fourth-order valence-corrected chi connectivity index (χ4v) is 3.52. The van der Waals surface area contributed by atoms with E-state index in [1.165, 1.54) is 42.6 Å². The van der Waals surface area contributed by atoms with Crippen LogP contribution in [0.5, 0.6) is 0 Å². The molecule has 1 aromatic heterocycles. The van der Waals surface area contributed by atoms with Gasteiger partial charge < -0.3 is 4.98 Å². The molecule has 3 heteroatoms. The van der Waals surface area contributed by atoms with Gasteiger partial charge in [0.05, 0.1) is 0 Å². The van der Waals surface area contributed by atoms with Crippen LogP contribution in [0, 0.1) is 11.6 Å². The zero-order chi connectivity index (χ0) is 14.7. The van der Waals surface area contributed by atoms with Gasteiger partial charge in [0.15, 0.2) is 0 Å². The van der Waals surface area contributed by atoms with Crippen LogP contribution in [-0.2, 0) is 6.54 Å². The van der Waals surface area contributed by atoms with Gasteiger partial charge in [0, 0.05) is 18.3 Å². The van der Waals surface area contributed by atoms with Gasteiger partial charge >= 0.3 is 0 Å². The Morgan fingerprint density at radius 1 is 1.14 bits per heavy atom. The van der Waals surface area contributed by atoms with Crippen molar-refractivity contribution >= 4 is 12.2 Å². The number of nitrogens with zero attached hydrogens (tertiary/aromatic N) is 1. The fraction of sp³-hybridized carbons (Fsp3) is 0.389. The van der Waals surface area contributed by atoms with Crippen molar-refractivity contribution < 1.29 is 0 Å². The predicted octanol–water partition coefficient (Wildman–Crippen LogP) is 4.78. The van der Waals surface area contributed by atoms with E-state index in [1.807, 2.05) is 6.07 Å². The Bertz CT molecular complexity index is 648. The Morgan fingerprint density at radius 3 is 2.71 bits per heavy atom. The van der Waals surface area contributed by atoms with Gasteiger partial charge in [0.2, 0.25) is 0 Å². The lowest BCUT2D eigenvalue weighted by atomic mass is 9.94. The topological polar surface area (TPSA) is 19.0 Å². The molecule has 1 N–H and O–H groups in total. The molecule has 0 saturated carbocycles. The number of aromatic amines is 1. The highest BCUT2D eigenvalue weighted by Crippen LogP contribution is 2.33. The molecule has 1 saturated heterocycles. The minimum Gasteiger partial charge on any atom is -0.350 e. The number of piperidine rings is 1. The van der Waals surface area contributed by atoms with E-state index in [-0.39, 0.29) is 0 Å². The molecular weight excluding hydrogens is 276 g/mol. The number of hydrogen-bond acceptors (Lipinski definition) is 2.